The Kier molecular flexibility index (Phi) is 1.31. The molecule has 0 amide bonds. The van der Waals surface area contributed by atoms with E-state index in [1.807, 2.05) is 24.4 Å². The molecule has 0 spiro atoms. The highest BCUT2D eigenvalue weighted by molar-refractivity contribution is 6.01. The van der Waals surface area contributed by atoms with E-state index in [0.717, 1.165) is 16.3 Å². The number of nitrogens with one attached hydrogen (secondary N) is 1. The van der Waals surface area contributed by atoms with Crippen LogP contribution in [0.2, 0.25) is 0 Å². The predicted molar refractivity (Wildman–Crippen MR) is 54.3 cm³/mol. The monoisotopic (exact) mass is 185 g/mol. The van der Waals surface area contributed by atoms with Gasteiger partial charge in [-0.3, -0.25) is 0 Å². The maximum Gasteiger partial charge on any atom is 0.336 e. The first-order valence-electron chi connectivity index (χ1n) is 4.34. The summed E-state index contributed by atoms with van der Waals surface area (Å²) in [6.45, 7) is 0. The molecule has 3 rings (SSSR count). The van der Waals surface area contributed by atoms with Crippen LogP contribution in [0.1, 0.15) is 0 Å². The van der Waals surface area contributed by atoms with Gasteiger partial charge in [0, 0.05) is 23.0 Å². The van der Waals surface area contributed by atoms with Gasteiger partial charge in [0.2, 0.25) is 0 Å². The Bertz CT molecular complexity index is 663. The van der Waals surface area contributed by atoms with Crippen molar-refractivity contribution >= 4 is 21.9 Å². The van der Waals surface area contributed by atoms with Crippen molar-refractivity contribution in [2.45, 2.75) is 0 Å². The van der Waals surface area contributed by atoms with E-state index in [1.165, 1.54) is 6.07 Å². The summed E-state index contributed by atoms with van der Waals surface area (Å²) in [5, 5.41) is 1.98. The topological polar surface area (TPSA) is 46.0 Å². The molecule has 2 aromatic heterocycles. The second-order valence-corrected chi connectivity index (χ2v) is 3.18. The Morgan fingerprint density at radius 1 is 1.00 bits per heavy atom. The molecule has 0 atom stereocenters. The first-order valence-corrected chi connectivity index (χ1v) is 4.34. The molecule has 1 N–H and O–H groups in total. The summed E-state index contributed by atoms with van der Waals surface area (Å²) in [4.78, 5) is 14.1. The van der Waals surface area contributed by atoms with E-state index in [1.54, 1.807) is 6.07 Å². The van der Waals surface area contributed by atoms with Crippen LogP contribution in [0, 0.1) is 0 Å². The lowest BCUT2D eigenvalue weighted by Gasteiger charge is -1.96. The number of aromatic nitrogens is 1. The molecule has 0 aliphatic rings. The molecule has 0 bridgehead atoms. The number of hydrogen-bond acceptors (Lipinski definition) is 2. The fourth-order valence-corrected chi connectivity index (χ4v) is 1.65. The lowest BCUT2D eigenvalue weighted by atomic mass is 10.2. The zero-order valence-corrected chi connectivity index (χ0v) is 7.28. The standard InChI is InChI=1S/C11H7NO2/c13-9-4-3-8-2-1-7-5-6-12-10(7)11(8)14-9/h1-6,12H. The van der Waals surface area contributed by atoms with Gasteiger partial charge in [-0.1, -0.05) is 12.1 Å². The Morgan fingerprint density at radius 2 is 1.79 bits per heavy atom. The highest BCUT2D eigenvalue weighted by Crippen LogP contribution is 2.22. The second-order valence-electron chi connectivity index (χ2n) is 3.18. The Morgan fingerprint density at radius 3 is 2.71 bits per heavy atom. The van der Waals surface area contributed by atoms with Gasteiger partial charge in [-0.25, -0.2) is 4.79 Å². The highest BCUT2D eigenvalue weighted by atomic mass is 16.4. The average Bonchev–Trinajstić information content (AvgIpc) is 2.65. The molecule has 3 nitrogen and oxygen atoms in total. The minimum Gasteiger partial charge on any atom is -0.420 e. The summed E-state index contributed by atoms with van der Waals surface area (Å²) >= 11 is 0. The number of benzene rings is 1. The van der Waals surface area contributed by atoms with E-state index in [0.29, 0.717) is 5.58 Å². The van der Waals surface area contributed by atoms with Crippen molar-refractivity contribution in [1.29, 1.82) is 0 Å². The summed E-state index contributed by atoms with van der Waals surface area (Å²) in [6, 6.07) is 9.07. The molecule has 0 saturated carbocycles. The van der Waals surface area contributed by atoms with E-state index >= 15 is 0 Å². The molecular weight excluding hydrogens is 178 g/mol. The van der Waals surface area contributed by atoms with Gasteiger partial charge in [0.15, 0.2) is 5.58 Å². The van der Waals surface area contributed by atoms with E-state index in [9.17, 15) is 4.79 Å². The molecule has 14 heavy (non-hydrogen) atoms. The van der Waals surface area contributed by atoms with Crippen LogP contribution in [0.3, 0.4) is 0 Å². The van der Waals surface area contributed by atoms with Gasteiger partial charge in [-0.15, -0.1) is 0 Å². The predicted octanol–water partition coefficient (Wildman–Crippen LogP) is 2.27. The lowest BCUT2D eigenvalue weighted by molar-refractivity contribution is 0.563. The van der Waals surface area contributed by atoms with Gasteiger partial charge in [0.25, 0.3) is 0 Å². The van der Waals surface area contributed by atoms with Crippen LogP contribution in [0.4, 0.5) is 0 Å². The molecule has 3 aromatic rings. The summed E-state index contributed by atoms with van der Waals surface area (Å²) in [5.41, 5.74) is 1.18. The number of hydrogen-bond donors (Lipinski definition) is 1. The molecule has 2 heterocycles. The van der Waals surface area contributed by atoms with Crippen molar-refractivity contribution in [3.8, 4) is 0 Å². The summed E-state index contributed by atoms with van der Waals surface area (Å²) in [7, 11) is 0. The van der Waals surface area contributed by atoms with Crippen LogP contribution in [-0.4, -0.2) is 4.98 Å². The van der Waals surface area contributed by atoms with Crippen molar-refractivity contribution < 1.29 is 4.42 Å². The Hall–Kier alpha value is -2.03. The fraction of sp³-hybridized carbons (Fsp3) is 0. The maximum absolute atomic E-state index is 11.1. The van der Waals surface area contributed by atoms with E-state index < -0.39 is 0 Å². The number of fused-ring (bicyclic) bond motifs is 3. The summed E-state index contributed by atoms with van der Waals surface area (Å²) in [6.07, 6.45) is 1.83. The quantitative estimate of drug-likeness (QED) is 0.546. The summed E-state index contributed by atoms with van der Waals surface area (Å²) < 4.78 is 5.15. The number of H-pyrrole nitrogens is 1. The maximum atomic E-state index is 11.1. The zero-order chi connectivity index (χ0) is 9.54. The van der Waals surface area contributed by atoms with Crippen LogP contribution in [0.15, 0.2) is 45.7 Å². The molecule has 68 valence electrons. The number of aromatic amines is 1. The SMILES string of the molecule is O=c1ccc2ccc3cc[nH]c3c2o1. The van der Waals surface area contributed by atoms with Gasteiger partial charge >= 0.3 is 5.63 Å². The molecule has 0 radical (unpaired) electrons. The van der Waals surface area contributed by atoms with Gasteiger partial charge in [0.1, 0.15) is 0 Å². The molecule has 0 aliphatic carbocycles. The Balaban J connectivity index is 2.66. The van der Waals surface area contributed by atoms with E-state index in [2.05, 4.69) is 4.98 Å². The zero-order valence-electron chi connectivity index (χ0n) is 7.28. The van der Waals surface area contributed by atoms with Gasteiger partial charge in [0.05, 0.1) is 5.52 Å². The number of rotatable bonds is 0. The normalized spacial score (nSPS) is 11.1. The van der Waals surface area contributed by atoms with Crippen LogP contribution in [0.25, 0.3) is 21.9 Å². The first kappa shape index (κ1) is 7.38. The van der Waals surface area contributed by atoms with Crippen molar-refractivity contribution in [3.63, 3.8) is 0 Å². The largest absolute Gasteiger partial charge is 0.420 e. The molecule has 1 aromatic carbocycles. The lowest BCUT2D eigenvalue weighted by Crippen LogP contribution is -1.94. The average molecular weight is 185 g/mol. The fourth-order valence-electron chi connectivity index (χ4n) is 1.65. The molecule has 0 unspecified atom stereocenters. The van der Waals surface area contributed by atoms with Crippen LogP contribution in [0.5, 0.6) is 0 Å². The smallest absolute Gasteiger partial charge is 0.336 e. The summed E-state index contributed by atoms with van der Waals surface area (Å²) in [5.74, 6) is 0. The molecule has 0 saturated heterocycles. The van der Waals surface area contributed by atoms with Crippen molar-refractivity contribution in [2.24, 2.45) is 0 Å². The van der Waals surface area contributed by atoms with Crippen molar-refractivity contribution in [3.05, 3.63) is 46.9 Å². The van der Waals surface area contributed by atoms with Gasteiger partial charge in [-0.2, -0.15) is 0 Å². The van der Waals surface area contributed by atoms with Crippen molar-refractivity contribution in [2.75, 3.05) is 0 Å². The minimum absolute atomic E-state index is 0.320. The highest BCUT2D eigenvalue weighted by Gasteiger charge is 2.03. The second kappa shape index (κ2) is 2.48. The molecular formula is C11H7NO2. The third-order valence-electron chi connectivity index (χ3n) is 2.31. The molecule has 3 heteroatoms. The first-order chi connectivity index (χ1) is 6.84. The molecule has 0 fully saturated rings. The third kappa shape index (κ3) is 0.893. The van der Waals surface area contributed by atoms with Crippen LogP contribution < -0.4 is 5.63 Å². The van der Waals surface area contributed by atoms with E-state index in [4.69, 9.17) is 4.42 Å². The van der Waals surface area contributed by atoms with Crippen LogP contribution in [-0.2, 0) is 0 Å². The van der Waals surface area contributed by atoms with Gasteiger partial charge in [-0.05, 0) is 12.1 Å². The van der Waals surface area contributed by atoms with E-state index in [-0.39, 0.29) is 5.63 Å². The minimum atomic E-state index is -0.320. The van der Waals surface area contributed by atoms with Crippen molar-refractivity contribution in [1.82, 2.24) is 4.98 Å². The third-order valence-corrected chi connectivity index (χ3v) is 2.31. The molecule has 0 aliphatic heterocycles. The van der Waals surface area contributed by atoms with Crippen LogP contribution >= 0.6 is 0 Å². The van der Waals surface area contributed by atoms with Gasteiger partial charge < -0.3 is 9.40 Å². The Labute approximate surface area is 79.0 Å².